The van der Waals surface area contributed by atoms with Gasteiger partial charge in [-0.2, -0.15) is 0 Å². The maximum absolute atomic E-state index is 12.0. The van der Waals surface area contributed by atoms with E-state index < -0.39 is 5.97 Å². The third kappa shape index (κ3) is 3.54. The summed E-state index contributed by atoms with van der Waals surface area (Å²) >= 11 is 0. The first-order chi connectivity index (χ1) is 10.6. The predicted molar refractivity (Wildman–Crippen MR) is 78.6 cm³/mol. The number of alkyl carbamates (subject to hydrolysis) is 1. The number of carbonyl (C=O) groups is 2. The number of hydrogen-bond donors (Lipinski definition) is 2. The molecular formula is C16H25NO5. The van der Waals surface area contributed by atoms with Crippen LogP contribution in [-0.2, 0) is 14.3 Å². The first-order valence-corrected chi connectivity index (χ1v) is 8.40. The maximum atomic E-state index is 12.0. The third-order valence-corrected chi connectivity index (χ3v) is 5.23. The van der Waals surface area contributed by atoms with E-state index in [1.165, 1.54) is 6.42 Å². The quantitative estimate of drug-likeness (QED) is 0.836. The fraction of sp³-hybridized carbons (Fsp3) is 0.875. The normalized spacial score (nSPS) is 35.6. The van der Waals surface area contributed by atoms with Crippen molar-refractivity contribution in [3.63, 3.8) is 0 Å². The predicted octanol–water partition coefficient (Wildman–Crippen LogP) is 2.46. The van der Waals surface area contributed by atoms with Gasteiger partial charge in [0.1, 0.15) is 6.10 Å². The SMILES string of the molecule is O=C(NC1CCOC2(C1)CC(C(=O)O)C2)OC1CCCCC1. The van der Waals surface area contributed by atoms with Crippen LogP contribution in [0.25, 0.3) is 0 Å². The van der Waals surface area contributed by atoms with Crippen molar-refractivity contribution in [2.75, 3.05) is 6.61 Å². The van der Waals surface area contributed by atoms with Gasteiger partial charge in [-0.15, -0.1) is 0 Å². The molecule has 3 aliphatic rings. The van der Waals surface area contributed by atoms with Crippen molar-refractivity contribution in [1.82, 2.24) is 5.32 Å². The van der Waals surface area contributed by atoms with Crippen LogP contribution in [0.4, 0.5) is 4.79 Å². The summed E-state index contributed by atoms with van der Waals surface area (Å²) < 4.78 is 11.3. The van der Waals surface area contributed by atoms with E-state index in [4.69, 9.17) is 14.6 Å². The summed E-state index contributed by atoms with van der Waals surface area (Å²) in [5, 5.41) is 11.9. The Labute approximate surface area is 130 Å². The van der Waals surface area contributed by atoms with E-state index in [1.807, 2.05) is 0 Å². The molecule has 2 aliphatic carbocycles. The highest BCUT2D eigenvalue weighted by Crippen LogP contribution is 2.46. The first kappa shape index (κ1) is 15.6. The summed E-state index contributed by atoms with van der Waals surface area (Å²) in [6, 6.07) is 0.0274. The van der Waals surface area contributed by atoms with Gasteiger partial charge in [0, 0.05) is 12.6 Å². The summed E-state index contributed by atoms with van der Waals surface area (Å²) in [5.74, 6) is -1.05. The second kappa shape index (κ2) is 6.44. The minimum absolute atomic E-state index is 0.0274. The number of hydrogen-bond acceptors (Lipinski definition) is 4. The number of amides is 1. The molecule has 0 aromatic carbocycles. The Bertz CT molecular complexity index is 426. The molecule has 6 nitrogen and oxygen atoms in total. The van der Waals surface area contributed by atoms with Crippen molar-refractivity contribution >= 4 is 12.1 Å². The van der Waals surface area contributed by atoms with E-state index in [0.717, 1.165) is 32.1 Å². The molecule has 124 valence electrons. The molecule has 2 N–H and O–H groups in total. The molecule has 1 unspecified atom stereocenters. The van der Waals surface area contributed by atoms with Gasteiger partial charge in [0.25, 0.3) is 0 Å². The van der Waals surface area contributed by atoms with Crippen molar-refractivity contribution < 1.29 is 24.2 Å². The van der Waals surface area contributed by atoms with Gasteiger partial charge >= 0.3 is 12.1 Å². The standard InChI is InChI=1S/C16H25NO5/c18-14(19)11-8-16(9-11)10-12(6-7-21-16)17-15(20)22-13-4-2-1-3-5-13/h11-13H,1-10H2,(H,17,20)(H,18,19). The molecule has 0 radical (unpaired) electrons. The Morgan fingerprint density at radius 3 is 2.50 bits per heavy atom. The number of carbonyl (C=O) groups excluding carboxylic acids is 1. The molecule has 1 atom stereocenters. The first-order valence-electron chi connectivity index (χ1n) is 8.40. The van der Waals surface area contributed by atoms with Gasteiger partial charge in [-0.25, -0.2) is 4.79 Å². The molecule has 1 spiro atoms. The fourth-order valence-electron chi connectivity index (χ4n) is 3.98. The monoisotopic (exact) mass is 311 g/mol. The average molecular weight is 311 g/mol. The average Bonchev–Trinajstić information content (AvgIpc) is 2.45. The van der Waals surface area contributed by atoms with E-state index >= 15 is 0 Å². The number of nitrogens with one attached hydrogen (secondary N) is 1. The van der Waals surface area contributed by atoms with E-state index in [2.05, 4.69) is 5.32 Å². The highest BCUT2D eigenvalue weighted by Gasteiger charge is 2.51. The largest absolute Gasteiger partial charge is 0.481 e. The Kier molecular flexibility index (Phi) is 4.57. The van der Waals surface area contributed by atoms with Gasteiger partial charge in [0.15, 0.2) is 0 Å². The van der Waals surface area contributed by atoms with Crippen LogP contribution < -0.4 is 5.32 Å². The second-order valence-corrected chi connectivity index (χ2v) is 6.97. The molecule has 3 fully saturated rings. The summed E-state index contributed by atoms with van der Waals surface area (Å²) in [6.07, 6.45) is 7.72. The lowest BCUT2D eigenvalue weighted by atomic mass is 9.66. The van der Waals surface area contributed by atoms with Gasteiger partial charge < -0.3 is 19.9 Å². The zero-order valence-electron chi connectivity index (χ0n) is 12.9. The molecule has 3 rings (SSSR count). The molecule has 0 aromatic heterocycles. The van der Waals surface area contributed by atoms with E-state index in [9.17, 15) is 9.59 Å². The molecule has 6 heteroatoms. The van der Waals surface area contributed by atoms with Gasteiger partial charge in [-0.1, -0.05) is 6.42 Å². The summed E-state index contributed by atoms with van der Waals surface area (Å²) in [4.78, 5) is 22.9. The maximum Gasteiger partial charge on any atom is 0.407 e. The van der Waals surface area contributed by atoms with Gasteiger partial charge in [-0.05, 0) is 51.4 Å². The number of carboxylic acids is 1. The summed E-state index contributed by atoms with van der Waals surface area (Å²) in [6.45, 7) is 0.570. The third-order valence-electron chi connectivity index (χ3n) is 5.23. The van der Waals surface area contributed by atoms with Gasteiger partial charge in [0.2, 0.25) is 0 Å². The summed E-state index contributed by atoms with van der Waals surface area (Å²) in [5.41, 5.74) is -0.343. The van der Waals surface area contributed by atoms with Crippen molar-refractivity contribution in [2.24, 2.45) is 5.92 Å². The number of ether oxygens (including phenoxy) is 2. The topological polar surface area (TPSA) is 84.9 Å². The van der Waals surface area contributed by atoms with Crippen LogP contribution in [-0.4, -0.2) is 41.5 Å². The molecule has 1 heterocycles. The van der Waals surface area contributed by atoms with Gasteiger partial charge in [0.05, 0.1) is 11.5 Å². The van der Waals surface area contributed by atoms with E-state index in [0.29, 0.717) is 25.9 Å². The molecule has 22 heavy (non-hydrogen) atoms. The molecule has 0 aromatic rings. The number of carboxylic acid groups (broad SMARTS) is 1. The number of rotatable bonds is 3. The Balaban J connectivity index is 1.44. The van der Waals surface area contributed by atoms with Crippen molar-refractivity contribution in [3.05, 3.63) is 0 Å². The molecule has 1 aliphatic heterocycles. The van der Waals surface area contributed by atoms with E-state index in [-0.39, 0.29) is 29.8 Å². The van der Waals surface area contributed by atoms with Crippen molar-refractivity contribution in [1.29, 1.82) is 0 Å². The minimum Gasteiger partial charge on any atom is -0.481 e. The Morgan fingerprint density at radius 1 is 1.09 bits per heavy atom. The van der Waals surface area contributed by atoms with Crippen LogP contribution in [0.1, 0.15) is 57.8 Å². The highest BCUT2D eigenvalue weighted by atomic mass is 16.6. The molecule has 1 saturated heterocycles. The molecule has 2 saturated carbocycles. The molecular weight excluding hydrogens is 286 g/mol. The fourth-order valence-corrected chi connectivity index (χ4v) is 3.98. The second-order valence-electron chi connectivity index (χ2n) is 6.97. The van der Waals surface area contributed by atoms with Crippen LogP contribution in [0.2, 0.25) is 0 Å². The van der Waals surface area contributed by atoms with Crippen LogP contribution in [0.5, 0.6) is 0 Å². The highest BCUT2D eigenvalue weighted by molar-refractivity contribution is 5.71. The van der Waals surface area contributed by atoms with E-state index in [1.54, 1.807) is 0 Å². The smallest absolute Gasteiger partial charge is 0.407 e. The van der Waals surface area contributed by atoms with Crippen molar-refractivity contribution in [2.45, 2.75) is 75.5 Å². The van der Waals surface area contributed by atoms with Crippen LogP contribution in [0.15, 0.2) is 0 Å². The Morgan fingerprint density at radius 2 is 1.82 bits per heavy atom. The van der Waals surface area contributed by atoms with Crippen LogP contribution >= 0.6 is 0 Å². The zero-order valence-corrected chi connectivity index (χ0v) is 12.9. The lowest BCUT2D eigenvalue weighted by Gasteiger charge is -2.50. The zero-order chi connectivity index (χ0) is 15.6. The number of aliphatic carboxylic acids is 1. The molecule has 1 amide bonds. The molecule has 0 bridgehead atoms. The van der Waals surface area contributed by atoms with Crippen molar-refractivity contribution in [3.8, 4) is 0 Å². The Hall–Kier alpha value is -1.30. The lowest BCUT2D eigenvalue weighted by Crippen LogP contribution is -2.56. The minimum atomic E-state index is -0.749. The summed E-state index contributed by atoms with van der Waals surface area (Å²) in [7, 11) is 0. The van der Waals surface area contributed by atoms with Crippen LogP contribution in [0, 0.1) is 5.92 Å². The van der Waals surface area contributed by atoms with Gasteiger partial charge in [-0.3, -0.25) is 4.79 Å². The lowest BCUT2D eigenvalue weighted by molar-refractivity contribution is -0.181. The van der Waals surface area contributed by atoms with Crippen LogP contribution in [0.3, 0.4) is 0 Å².